The minimum atomic E-state index is -0.594. The molecule has 0 bridgehead atoms. The normalized spacial score (nSPS) is 12.2. The van der Waals surface area contributed by atoms with Crippen molar-refractivity contribution >= 4 is 35.0 Å². The molecule has 3 N–H and O–H groups in total. The van der Waals surface area contributed by atoms with Gasteiger partial charge < -0.3 is 20.5 Å². The summed E-state index contributed by atoms with van der Waals surface area (Å²) in [7, 11) is 0. The van der Waals surface area contributed by atoms with Crippen molar-refractivity contribution in [3.63, 3.8) is 0 Å². The number of aromatic hydroxyl groups is 1. The van der Waals surface area contributed by atoms with Gasteiger partial charge in [-0.05, 0) is 30.3 Å². The van der Waals surface area contributed by atoms with Crippen molar-refractivity contribution in [3.8, 4) is 11.5 Å². The number of fused-ring (bicyclic) bond motifs is 1. The van der Waals surface area contributed by atoms with Crippen molar-refractivity contribution < 1.29 is 14.2 Å². The number of nitrogens with zero attached hydrogens (tertiary/aromatic N) is 3. The van der Waals surface area contributed by atoms with Crippen LogP contribution in [-0.4, -0.2) is 27.9 Å². The molecule has 26 heavy (non-hydrogen) atoms. The Kier molecular flexibility index (Phi) is 4.06. The molecule has 0 radical (unpaired) electrons. The van der Waals surface area contributed by atoms with Gasteiger partial charge in [0, 0.05) is 23.7 Å². The second-order valence-corrected chi connectivity index (χ2v) is 5.50. The second kappa shape index (κ2) is 6.67. The molecule has 3 aromatic rings. The maximum absolute atomic E-state index is 14.1. The predicted molar refractivity (Wildman–Crippen MR) is 96.8 cm³/mol. The molecule has 0 saturated heterocycles. The van der Waals surface area contributed by atoms with Gasteiger partial charge in [0.1, 0.15) is 23.8 Å². The molecule has 0 amide bonds. The lowest BCUT2D eigenvalue weighted by Gasteiger charge is -2.14. The Morgan fingerprint density at radius 1 is 1.08 bits per heavy atom. The van der Waals surface area contributed by atoms with Crippen LogP contribution in [0, 0.1) is 5.82 Å². The van der Waals surface area contributed by atoms with Crippen LogP contribution in [0.4, 0.5) is 33.2 Å². The molecule has 1 aliphatic heterocycles. The number of phenolic OH excluding ortho intramolecular Hbond substituents is 1. The largest absolute Gasteiger partial charge is 0.508 e. The highest BCUT2D eigenvalue weighted by Gasteiger charge is 2.11. The second-order valence-electron chi connectivity index (χ2n) is 5.50. The molecule has 2 aromatic carbocycles. The molecule has 2 heterocycles. The average Bonchev–Trinajstić information content (AvgIpc) is 2.64. The summed E-state index contributed by atoms with van der Waals surface area (Å²) in [5.74, 6) is 0.394. The van der Waals surface area contributed by atoms with E-state index < -0.39 is 5.82 Å². The first-order valence-electron chi connectivity index (χ1n) is 7.82. The minimum absolute atomic E-state index is 0.0170. The van der Waals surface area contributed by atoms with Crippen molar-refractivity contribution in [2.75, 3.05) is 17.2 Å². The summed E-state index contributed by atoms with van der Waals surface area (Å²) < 4.78 is 19.5. The molecule has 1 aliphatic rings. The lowest BCUT2D eigenvalue weighted by Crippen LogP contribution is -2.05. The van der Waals surface area contributed by atoms with Crippen molar-refractivity contribution in [1.82, 2.24) is 9.97 Å². The van der Waals surface area contributed by atoms with Crippen LogP contribution in [0.2, 0.25) is 0 Å². The highest BCUT2D eigenvalue weighted by molar-refractivity contribution is 5.74. The predicted octanol–water partition coefficient (Wildman–Crippen LogP) is 3.90. The molecule has 7 nitrogen and oxygen atoms in total. The van der Waals surface area contributed by atoms with Gasteiger partial charge >= 0.3 is 0 Å². The number of aromatic nitrogens is 2. The summed E-state index contributed by atoms with van der Waals surface area (Å²) in [6.45, 7) is 0.435. The van der Waals surface area contributed by atoms with E-state index in [1.165, 1.54) is 6.07 Å². The summed E-state index contributed by atoms with van der Waals surface area (Å²) in [5.41, 5.74) is 1.86. The molecular weight excluding hydrogens is 337 g/mol. The molecule has 0 spiro atoms. The van der Waals surface area contributed by atoms with Crippen molar-refractivity contribution in [2.24, 2.45) is 4.99 Å². The fourth-order valence-electron chi connectivity index (χ4n) is 2.45. The number of hydrogen-bond donors (Lipinski definition) is 3. The van der Waals surface area contributed by atoms with E-state index in [1.807, 2.05) is 0 Å². The van der Waals surface area contributed by atoms with Crippen LogP contribution in [0.1, 0.15) is 0 Å². The number of rotatable bonds is 4. The van der Waals surface area contributed by atoms with Gasteiger partial charge in [-0.15, -0.1) is 0 Å². The maximum atomic E-state index is 14.1. The molecule has 0 atom stereocenters. The monoisotopic (exact) mass is 351 g/mol. The molecule has 0 fully saturated rings. The van der Waals surface area contributed by atoms with Crippen molar-refractivity contribution in [1.29, 1.82) is 0 Å². The average molecular weight is 351 g/mol. The fraction of sp³-hybridized carbons (Fsp3) is 0.0556. The molecule has 8 heteroatoms. The molecule has 0 aliphatic carbocycles. The first-order chi connectivity index (χ1) is 12.7. The van der Waals surface area contributed by atoms with E-state index in [0.29, 0.717) is 29.4 Å². The standard InChI is InChI=1S/C18H14FN5O2/c19-14-10-21-18(23-11-2-1-3-13(25)8-11)24-17(14)22-12-4-5-16-15(9-12)20-6-7-26-16/h1-6,8-10,25H,7H2,(H2,21,22,23,24). The van der Waals surface area contributed by atoms with Gasteiger partial charge in [0.2, 0.25) is 5.95 Å². The molecule has 130 valence electrons. The van der Waals surface area contributed by atoms with Gasteiger partial charge in [-0.25, -0.2) is 9.37 Å². The highest BCUT2D eigenvalue weighted by atomic mass is 19.1. The number of phenols is 1. The van der Waals surface area contributed by atoms with E-state index in [9.17, 15) is 9.50 Å². The summed E-state index contributed by atoms with van der Waals surface area (Å²) in [4.78, 5) is 12.3. The fourth-order valence-corrected chi connectivity index (χ4v) is 2.45. The number of anilines is 4. The molecule has 1 aromatic heterocycles. The van der Waals surface area contributed by atoms with Crippen molar-refractivity contribution in [2.45, 2.75) is 0 Å². The SMILES string of the molecule is Oc1cccc(Nc2ncc(F)c(Nc3ccc4c(c3)N=CCO4)n2)c1. The number of halogens is 1. The van der Waals surface area contributed by atoms with Crippen LogP contribution >= 0.6 is 0 Å². The van der Waals surface area contributed by atoms with Crippen LogP contribution in [-0.2, 0) is 0 Å². The Labute approximate surface area is 148 Å². The number of ether oxygens (including phenoxy) is 1. The lowest BCUT2D eigenvalue weighted by molar-refractivity contribution is 0.377. The number of hydrogen-bond acceptors (Lipinski definition) is 7. The van der Waals surface area contributed by atoms with E-state index in [-0.39, 0.29) is 17.5 Å². The summed E-state index contributed by atoms with van der Waals surface area (Å²) in [6, 6.07) is 11.7. The van der Waals surface area contributed by atoms with Gasteiger partial charge in [-0.1, -0.05) is 6.07 Å². The zero-order valence-corrected chi connectivity index (χ0v) is 13.5. The summed E-state index contributed by atoms with van der Waals surface area (Å²) in [5, 5.41) is 15.3. The van der Waals surface area contributed by atoms with Crippen LogP contribution in [0.15, 0.2) is 53.7 Å². The molecule has 4 rings (SSSR count). The van der Waals surface area contributed by atoms with E-state index >= 15 is 0 Å². The third kappa shape index (κ3) is 3.39. The van der Waals surface area contributed by atoms with Gasteiger partial charge in [-0.2, -0.15) is 4.98 Å². The first kappa shape index (κ1) is 15.8. The van der Waals surface area contributed by atoms with Crippen LogP contribution in [0.3, 0.4) is 0 Å². The third-order valence-electron chi connectivity index (χ3n) is 3.61. The molecule has 0 unspecified atom stereocenters. The smallest absolute Gasteiger partial charge is 0.229 e. The Balaban J connectivity index is 1.58. The Morgan fingerprint density at radius 3 is 2.85 bits per heavy atom. The number of nitrogens with one attached hydrogen (secondary N) is 2. The maximum Gasteiger partial charge on any atom is 0.229 e. The van der Waals surface area contributed by atoms with Gasteiger partial charge in [0.25, 0.3) is 0 Å². The summed E-state index contributed by atoms with van der Waals surface area (Å²) >= 11 is 0. The summed E-state index contributed by atoms with van der Waals surface area (Å²) in [6.07, 6.45) is 2.73. The first-order valence-corrected chi connectivity index (χ1v) is 7.82. The number of aliphatic imine (C=N–C) groups is 1. The lowest BCUT2D eigenvalue weighted by atomic mass is 10.2. The Morgan fingerprint density at radius 2 is 1.96 bits per heavy atom. The Bertz CT molecular complexity index is 993. The van der Waals surface area contributed by atoms with E-state index in [4.69, 9.17) is 4.74 Å². The highest BCUT2D eigenvalue weighted by Crippen LogP contribution is 2.33. The van der Waals surface area contributed by atoms with Crippen LogP contribution in [0.5, 0.6) is 11.5 Å². The molecular formula is C18H14FN5O2. The Hall–Kier alpha value is -3.68. The van der Waals surface area contributed by atoms with Crippen LogP contribution in [0.25, 0.3) is 0 Å². The zero-order chi connectivity index (χ0) is 17.9. The number of benzene rings is 2. The van der Waals surface area contributed by atoms with E-state index in [2.05, 4.69) is 25.6 Å². The van der Waals surface area contributed by atoms with Gasteiger partial charge in [0.05, 0.1) is 6.20 Å². The van der Waals surface area contributed by atoms with Crippen LogP contribution < -0.4 is 15.4 Å². The topological polar surface area (TPSA) is 91.7 Å². The zero-order valence-electron chi connectivity index (χ0n) is 13.5. The quantitative estimate of drug-likeness (QED) is 0.660. The minimum Gasteiger partial charge on any atom is -0.508 e. The van der Waals surface area contributed by atoms with E-state index in [1.54, 1.807) is 42.6 Å². The van der Waals surface area contributed by atoms with E-state index in [0.717, 1.165) is 6.20 Å². The van der Waals surface area contributed by atoms with Crippen molar-refractivity contribution in [3.05, 3.63) is 54.5 Å². The molecule has 0 saturated carbocycles. The third-order valence-corrected chi connectivity index (χ3v) is 3.61. The van der Waals surface area contributed by atoms with Gasteiger partial charge in [-0.3, -0.25) is 4.99 Å². The van der Waals surface area contributed by atoms with Gasteiger partial charge in [0.15, 0.2) is 11.6 Å².